The third kappa shape index (κ3) is 4.04. The molecule has 0 spiro atoms. The fourth-order valence-corrected chi connectivity index (χ4v) is 1.38. The lowest BCUT2D eigenvalue weighted by Gasteiger charge is -2.11. The fraction of sp³-hybridized carbons (Fsp3) is 1.00. The third-order valence-corrected chi connectivity index (χ3v) is 2.13. The van der Waals surface area contributed by atoms with E-state index in [1.54, 1.807) is 0 Å². The molecule has 3 nitrogen and oxygen atoms in total. The van der Waals surface area contributed by atoms with E-state index in [-0.39, 0.29) is 6.10 Å². The number of nitrogens with one attached hydrogen (secondary N) is 1. The molecule has 2 N–H and O–H groups in total. The molecule has 0 aliphatic carbocycles. The molecule has 0 saturated carbocycles. The molecule has 1 heterocycles. The first-order chi connectivity index (χ1) is 5.79. The van der Waals surface area contributed by atoms with Crippen LogP contribution in [0.2, 0.25) is 0 Å². The minimum atomic E-state index is -0.193. The molecule has 0 bridgehead atoms. The largest absolute Gasteiger partial charge is 0.393 e. The Morgan fingerprint density at radius 2 is 2.50 bits per heavy atom. The minimum absolute atomic E-state index is 0.193. The summed E-state index contributed by atoms with van der Waals surface area (Å²) >= 11 is 0. The summed E-state index contributed by atoms with van der Waals surface area (Å²) in [7, 11) is 0. The van der Waals surface area contributed by atoms with E-state index in [0.717, 1.165) is 26.1 Å². The first kappa shape index (κ1) is 9.96. The van der Waals surface area contributed by atoms with E-state index >= 15 is 0 Å². The summed E-state index contributed by atoms with van der Waals surface area (Å²) in [4.78, 5) is 0. The first-order valence-corrected chi connectivity index (χ1v) is 4.79. The molecule has 12 heavy (non-hydrogen) atoms. The summed E-state index contributed by atoms with van der Waals surface area (Å²) in [6.07, 6.45) is 3.43. The van der Waals surface area contributed by atoms with Gasteiger partial charge in [0.25, 0.3) is 0 Å². The summed E-state index contributed by atoms with van der Waals surface area (Å²) in [6, 6.07) is 0. The lowest BCUT2D eigenvalue weighted by Crippen LogP contribution is -2.28. The predicted octanol–water partition coefficient (Wildman–Crippen LogP) is 0.526. The molecule has 2 unspecified atom stereocenters. The van der Waals surface area contributed by atoms with Crippen molar-refractivity contribution in [2.24, 2.45) is 0 Å². The van der Waals surface area contributed by atoms with Gasteiger partial charge in [0, 0.05) is 13.2 Å². The number of ether oxygens (including phenoxy) is 1. The highest BCUT2D eigenvalue weighted by Crippen LogP contribution is 2.10. The summed E-state index contributed by atoms with van der Waals surface area (Å²) in [6.45, 7) is 4.56. The number of hydrogen-bond acceptors (Lipinski definition) is 3. The number of rotatable bonds is 5. The van der Waals surface area contributed by atoms with E-state index in [2.05, 4.69) is 5.32 Å². The van der Waals surface area contributed by atoms with Crippen molar-refractivity contribution < 1.29 is 9.84 Å². The van der Waals surface area contributed by atoms with Crippen LogP contribution < -0.4 is 5.32 Å². The Kier molecular flexibility index (Phi) is 4.58. The maximum Gasteiger partial charge on any atom is 0.0700 e. The Balaban J connectivity index is 1.88. The molecule has 0 aromatic carbocycles. The fourth-order valence-electron chi connectivity index (χ4n) is 1.38. The molecular weight excluding hydrogens is 154 g/mol. The van der Waals surface area contributed by atoms with Crippen molar-refractivity contribution in [3.8, 4) is 0 Å². The molecule has 1 saturated heterocycles. The van der Waals surface area contributed by atoms with Gasteiger partial charge in [0.1, 0.15) is 0 Å². The first-order valence-electron chi connectivity index (χ1n) is 4.79. The molecule has 3 heteroatoms. The average Bonchev–Trinajstić information content (AvgIpc) is 2.49. The zero-order valence-electron chi connectivity index (χ0n) is 7.75. The highest BCUT2D eigenvalue weighted by atomic mass is 16.5. The Hall–Kier alpha value is -0.120. The van der Waals surface area contributed by atoms with E-state index in [9.17, 15) is 0 Å². The van der Waals surface area contributed by atoms with E-state index in [0.29, 0.717) is 6.10 Å². The van der Waals surface area contributed by atoms with Gasteiger partial charge in [-0.2, -0.15) is 0 Å². The van der Waals surface area contributed by atoms with Crippen molar-refractivity contribution in [2.45, 2.75) is 38.4 Å². The van der Waals surface area contributed by atoms with Crippen LogP contribution in [0.4, 0.5) is 0 Å². The molecule has 0 amide bonds. The van der Waals surface area contributed by atoms with Crippen molar-refractivity contribution >= 4 is 0 Å². The topological polar surface area (TPSA) is 41.5 Å². The monoisotopic (exact) mass is 173 g/mol. The van der Waals surface area contributed by atoms with Gasteiger partial charge in [-0.25, -0.2) is 0 Å². The number of aliphatic hydroxyl groups excluding tert-OH is 1. The van der Waals surface area contributed by atoms with E-state index < -0.39 is 0 Å². The van der Waals surface area contributed by atoms with Gasteiger partial charge in [0.2, 0.25) is 0 Å². The van der Waals surface area contributed by atoms with Crippen molar-refractivity contribution in [1.29, 1.82) is 0 Å². The molecule has 1 aliphatic rings. The number of aliphatic hydroxyl groups is 1. The Bertz CT molecular complexity index is 111. The molecular formula is C9H19NO2. The summed E-state index contributed by atoms with van der Waals surface area (Å²) in [5, 5.41) is 12.2. The van der Waals surface area contributed by atoms with Gasteiger partial charge in [-0.05, 0) is 32.7 Å². The zero-order valence-corrected chi connectivity index (χ0v) is 7.75. The molecule has 1 aliphatic heterocycles. The van der Waals surface area contributed by atoms with E-state index in [1.807, 2.05) is 6.92 Å². The molecule has 0 radical (unpaired) electrons. The van der Waals surface area contributed by atoms with Crippen LogP contribution >= 0.6 is 0 Å². The van der Waals surface area contributed by atoms with Crippen molar-refractivity contribution in [3.05, 3.63) is 0 Å². The third-order valence-electron chi connectivity index (χ3n) is 2.13. The molecule has 2 atom stereocenters. The molecule has 0 aromatic heterocycles. The van der Waals surface area contributed by atoms with Gasteiger partial charge in [-0.1, -0.05) is 0 Å². The van der Waals surface area contributed by atoms with Gasteiger partial charge in [-0.3, -0.25) is 0 Å². The van der Waals surface area contributed by atoms with E-state index in [1.165, 1.54) is 12.8 Å². The van der Waals surface area contributed by atoms with Gasteiger partial charge < -0.3 is 15.2 Å². The minimum Gasteiger partial charge on any atom is -0.393 e. The normalized spacial score (nSPS) is 26.0. The second-order valence-corrected chi connectivity index (χ2v) is 3.48. The van der Waals surface area contributed by atoms with Crippen molar-refractivity contribution in [1.82, 2.24) is 5.32 Å². The molecule has 1 rings (SSSR count). The maximum atomic E-state index is 8.97. The van der Waals surface area contributed by atoms with Crippen LogP contribution in [0.5, 0.6) is 0 Å². The van der Waals surface area contributed by atoms with Crippen LogP contribution in [-0.2, 0) is 4.74 Å². The van der Waals surface area contributed by atoms with Crippen molar-refractivity contribution in [3.63, 3.8) is 0 Å². The van der Waals surface area contributed by atoms with Crippen LogP contribution in [0.1, 0.15) is 26.2 Å². The highest BCUT2D eigenvalue weighted by molar-refractivity contribution is 4.67. The quantitative estimate of drug-likeness (QED) is 0.596. The Morgan fingerprint density at radius 3 is 3.08 bits per heavy atom. The number of hydrogen-bond donors (Lipinski definition) is 2. The highest BCUT2D eigenvalue weighted by Gasteiger charge is 2.14. The smallest absolute Gasteiger partial charge is 0.0700 e. The summed E-state index contributed by atoms with van der Waals surface area (Å²) in [5.74, 6) is 0. The van der Waals surface area contributed by atoms with Gasteiger partial charge in [0.05, 0.1) is 12.2 Å². The van der Waals surface area contributed by atoms with Crippen LogP contribution in [0, 0.1) is 0 Å². The van der Waals surface area contributed by atoms with Crippen LogP contribution in [0.3, 0.4) is 0 Å². The van der Waals surface area contributed by atoms with Crippen LogP contribution in [0.15, 0.2) is 0 Å². The summed E-state index contributed by atoms with van der Waals surface area (Å²) < 4.78 is 5.43. The zero-order chi connectivity index (χ0) is 8.81. The predicted molar refractivity (Wildman–Crippen MR) is 48.1 cm³/mol. The molecule has 1 fully saturated rings. The van der Waals surface area contributed by atoms with Gasteiger partial charge in [0.15, 0.2) is 0 Å². The lowest BCUT2D eigenvalue weighted by atomic mass is 10.2. The Morgan fingerprint density at radius 1 is 1.67 bits per heavy atom. The second-order valence-electron chi connectivity index (χ2n) is 3.48. The summed E-state index contributed by atoms with van der Waals surface area (Å²) in [5.41, 5.74) is 0. The van der Waals surface area contributed by atoms with Crippen molar-refractivity contribution in [2.75, 3.05) is 19.7 Å². The van der Waals surface area contributed by atoms with E-state index in [4.69, 9.17) is 9.84 Å². The standard InChI is InChI=1S/C9H19NO2/c1-8(11)4-5-10-7-9-3-2-6-12-9/h8-11H,2-7H2,1H3. The molecule has 0 aromatic rings. The second kappa shape index (κ2) is 5.51. The van der Waals surface area contributed by atoms with Crippen LogP contribution in [0.25, 0.3) is 0 Å². The van der Waals surface area contributed by atoms with Gasteiger partial charge in [-0.15, -0.1) is 0 Å². The average molecular weight is 173 g/mol. The lowest BCUT2D eigenvalue weighted by molar-refractivity contribution is 0.108. The molecule has 72 valence electrons. The van der Waals surface area contributed by atoms with Crippen LogP contribution in [-0.4, -0.2) is 37.0 Å². The SMILES string of the molecule is CC(O)CCNCC1CCCO1. The Labute approximate surface area is 74.1 Å². The van der Waals surface area contributed by atoms with Gasteiger partial charge >= 0.3 is 0 Å². The maximum absolute atomic E-state index is 8.97.